The minimum absolute atomic E-state index is 0.139. The van der Waals surface area contributed by atoms with Crippen molar-refractivity contribution in [3.63, 3.8) is 0 Å². The zero-order valence-electron chi connectivity index (χ0n) is 8.95. The van der Waals surface area contributed by atoms with Crippen molar-refractivity contribution >= 4 is 33.0 Å². The van der Waals surface area contributed by atoms with E-state index in [0.29, 0.717) is 10.9 Å². The molecule has 0 N–H and O–H groups in total. The molecule has 2 aromatic rings. The maximum absolute atomic E-state index is 13.2. The maximum atomic E-state index is 13.2. The van der Waals surface area contributed by atoms with Crippen molar-refractivity contribution in [2.75, 3.05) is 6.61 Å². The maximum Gasteiger partial charge on any atom is 0.210 e. The Kier molecular flexibility index (Phi) is 4.08. The molecule has 2 nitrogen and oxygen atoms in total. The molecule has 1 aromatic carbocycles. The molecule has 0 spiro atoms. The second kappa shape index (κ2) is 5.58. The fourth-order valence-electron chi connectivity index (χ4n) is 1.27. The Morgan fingerprint density at radius 2 is 2.06 bits per heavy atom. The Morgan fingerprint density at radius 1 is 1.28 bits per heavy atom. The van der Waals surface area contributed by atoms with E-state index >= 15 is 0 Å². The average Bonchev–Trinajstić information content (AvgIpc) is 2.74. The quantitative estimate of drug-likeness (QED) is 0.789. The van der Waals surface area contributed by atoms with Crippen molar-refractivity contribution in [1.82, 2.24) is 0 Å². The summed E-state index contributed by atoms with van der Waals surface area (Å²) < 4.78 is 31.7. The molecule has 0 fully saturated rings. The summed E-state index contributed by atoms with van der Waals surface area (Å²) in [6.07, 6.45) is 0. The van der Waals surface area contributed by atoms with Gasteiger partial charge in [0.05, 0.1) is 8.66 Å². The lowest BCUT2D eigenvalue weighted by molar-refractivity contribution is 0.0923. The molecule has 0 amide bonds. The van der Waals surface area contributed by atoms with Crippen LogP contribution in [0.1, 0.15) is 9.67 Å². The van der Waals surface area contributed by atoms with Gasteiger partial charge in [0.25, 0.3) is 0 Å². The molecule has 0 unspecified atom stereocenters. The predicted molar refractivity (Wildman–Crippen MR) is 68.2 cm³/mol. The van der Waals surface area contributed by atoms with E-state index in [1.807, 2.05) is 0 Å². The van der Waals surface area contributed by atoms with Crippen LogP contribution in [0.5, 0.6) is 5.75 Å². The average molecular weight is 333 g/mol. The van der Waals surface area contributed by atoms with Gasteiger partial charge in [-0.15, -0.1) is 11.3 Å². The highest BCUT2D eigenvalue weighted by molar-refractivity contribution is 9.11. The Balaban J connectivity index is 2.01. The molecule has 0 saturated heterocycles. The molecule has 0 saturated carbocycles. The summed E-state index contributed by atoms with van der Waals surface area (Å²) in [5.41, 5.74) is 0. The normalized spacial score (nSPS) is 10.4. The van der Waals surface area contributed by atoms with Crippen LogP contribution in [0.25, 0.3) is 0 Å². The number of thiophene rings is 1. The van der Waals surface area contributed by atoms with Crippen LogP contribution in [0.4, 0.5) is 8.78 Å². The molecule has 0 aliphatic heterocycles. The number of hydrogen-bond donors (Lipinski definition) is 0. The van der Waals surface area contributed by atoms with Gasteiger partial charge in [0.1, 0.15) is 5.82 Å². The molecule has 0 aliphatic carbocycles. The van der Waals surface area contributed by atoms with Gasteiger partial charge in [-0.25, -0.2) is 8.78 Å². The zero-order chi connectivity index (χ0) is 13.1. The number of benzene rings is 1. The van der Waals surface area contributed by atoms with Gasteiger partial charge in [-0.1, -0.05) is 0 Å². The summed E-state index contributed by atoms with van der Waals surface area (Å²) in [7, 11) is 0. The highest BCUT2D eigenvalue weighted by Gasteiger charge is 2.11. The van der Waals surface area contributed by atoms with E-state index in [4.69, 9.17) is 4.74 Å². The first-order chi connectivity index (χ1) is 8.56. The molecule has 0 radical (unpaired) electrons. The Bertz CT molecular complexity index is 583. The van der Waals surface area contributed by atoms with Crippen molar-refractivity contribution in [3.8, 4) is 5.75 Å². The topological polar surface area (TPSA) is 26.3 Å². The van der Waals surface area contributed by atoms with Crippen LogP contribution in [0.2, 0.25) is 0 Å². The number of rotatable bonds is 4. The number of ketones is 1. The molecule has 1 aromatic heterocycles. The number of ether oxygens (including phenoxy) is 1. The Labute approximate surface area is 114 Å². The number of Topliss-reactive ketones (excluding diaryl/α,β-unsaturated/α-hetero) is 1. The number of halogens is 3. The molecule has 0 aliphatic rings. The van der Waals surface area contributed by atoms with Crippen LogP contribution < -0.4 is 4.74 Å². The van der Waals surface area contributed by atoms with Gasteiger partial charge in [0.2, 0.25) is 5.78 Å². The van der Waals surface area contributed by atoms with E-state index in [2.05, 4.69) is 15.9 Å². The molecule has 94 valence electrons. The highest BCUT2D eigenvalue weighted by atomic mass is 79.9. The first kappa shape index (κ1) is 13.2. The van der Waals surface area contributed by atoms with E-state index in [0.717, 1.165) is 15.9 Å². The van der Waals surface area contributed by atoms with E-state index < -0.39 is 11.6 Å². The van der Waals surface area contributed by atoms with Gasteiger partial charge in [-0.2, -0.15) is 0 Å². The number of carbonyl (C=O) groups excluding carboxylic acids is 1. The SMILES string of the molecule is O=C(COc1ccc(F)cc1F)c1ccc(Br)s1. The summed E-state index contributed by atoms with van der Waals surface area (Å²) >= 11 is 4.51. The van der Waals surface area contributed by atoms with E-state index in [-0.39, 0.29) is 18.1 Å². The van der Waals surface area contributed by atoms with Crippen molar-refractivity contribution in [3.05, 3.63) is 50.6 Å². The third-order valence-corrected chi connectivity index (χ3v) is 3.77. The molecular weight excluding hydrogens is 326 g/mol. The first-order valence-corrected chi connectivity index (χ1v) is 6.53. The van der Waals surface area contributed by atoms with Crippen LogP contribution in [-0.4, -0.2) is 12.4 Å². The lowest BCUT2D eigenvalue weighted by atomic mass is 10.3. The minimum atomic E-state index is -0.824. The smallest absolute Gasteiger partial charge is 0.210 e. The van der Waals surface area contributed by atoms with E-state index in [1.54, 1.807) is 12.1 Å². The fraction of sp³-hybridized carbons (Fsp3) is 0.0833. The van der Waals surface area contributed by atoms with Gasteiger partial charge in [0, 0.05) is 6.07 Å². The highest BCUT2D eigenvalue weighted by Crippen LogP contribution is 2.23. The molecule has 1 heterocycles. The van der Waals surface area contributed by atoms with Crippen LogP contribution in [0.15, 0.2) is 34.1 Å². The molecule has 0 bridgehead atoms. The molecule has 2 rings (SSSR count). The molecule has 6 heteroatoms. The second-order valence-corrected chi connectivity index (χ2v) is 5.85. The molecule has 18 heavy (non-hydrogen) atoms. The fourth-order valence-corrected chi connectivity index (χ4v) is 2.58. The zero-order valence-corrected chi connectivity index (χ0v) is 11.4. The van der Waals surface area contributed by atoms with Gasteiger partial charge in [-0.3, -0.25) is 4.79 Å². The van der Waals surface area contributed by atoms with E-state index in [9.17, 15) is 13.6 Å². The first-order valence-electron chi connectivity index (χ1n) is 4.92. The predicted octanol–water partition coefficient (Wildman–Crippen LogP) is 4.05. The summed E-state index contributed by atoms with van der Waals surface area (Å²) in [5.74, 6) is -1.90. The van der Waals surface area contributed by atoms with Gasteiger partial charge < -0.3 is 4.74 Å². The number of hydrogen-bond acceptors (Lipinski definition) is 3. The van der Waals surface area contributed by atoms with Crippen molar-refractivity contribution in [2.45, 2.75) is 0 Å². The largest absolute Gasteiger partial charge is 0.482 e. The summed E-state index contributed by atoms with van der Waals surface area (Å²) in [5, 5.41) is 0. The number of carbonyl (C=O) groups is 1. The van der Waals surface area contributed by atoms with Gasteiger partial charge in [0.15, 0.2) is 18.2 Å². The lowest BCUT2D eigenvalue weighted by Gasteiger charge is -2.05. The van der Waals surface area contributed by atoms with Crippen LogP contribution in [-0.2, 0) is 0 Å². The van der Waals surface area contributed by atoms with Crippen molar-refractivity contribution < 1.29 is 18.3 Å². The van der Waals surface area contributed by atoms with Gasteiger partial charge >= 0.3 is 0 Å². The van der Waals surface area contributed by atoms with E-state index in [1.165, 1.54) is 11.3 Å². The minimum Gasteiger partial charge on any atom is -0.482 e. The summed E-state index contributed by atoms with van der Waals surface area (Å²) in [4.78, 5) is 12.2. The second-order valence-electron chi connectivity index (χ2n) is 3.39. The monoisotopic (exact) mass is 332 g/mol. The third-order valence-electron chi connectivity index (χ3n) is 2.10. The van der Waals surface area contributed by atoms with Crippen LogP contribution in [0.3, 0.4) is 0 Å². The summed E-state index contributed by atoms with van der Waals surface area (Å²) in [6.45, 7) is -0.282. The van der Waals surface area contributed by atoms with Gasteiger partial charge in [-0.05, 0) is 40.2 Å². The van der Waals surface area contributed by atoms with Crippen LogP contribution in [0, 0.1) is 11.6 Å². The third kappa shape index (κ3) is 3.14. The molecular formula is C12H7BrF2O2S. The Hall–Kier alpha value is -1.27. The summed E-state index contributed by atoms with van der Waals surface area (Å²) in [6, 6.07) is 6.34. The van der Waals surface area contributed by atoms with Crippen molar-refractivity contribution in [2.24, 2.45) is 0 Å². The lowest BCUT2D eigenvalue weighted by Crippen LogP contribution is -2.10. The van der Waals surface area contributed by atoms with Crippen molar-refractivity contribution in [1.29, 1.82) is 0 Å². The van der Waals surface area contributed by atoms with Crippen LogP contribution >= 0.6 is 27.3 Å². The Morgan fingerprint density at radius 3 is 2.67 bits per heavy atom. The molecule has 0 atom stereocenters. The standard InChI is InChI=1S/C12H7BrF2O2S/c13-12-4-3-11(18-12)9(16)6-17-10-2-1-7(14)5-8(10)15/h1-5H,6H2.